The van der Waals surface area contributed by atoms with Crippen molar-refractivity contribution in [2.75, 3.05) is 24.3 Å². The van der Waals surface area contributed by atoms with Crippen LogP contribution in [0.25, 0.3) is 0 Å². The molecule has 5 nitrogen and oxygen atoms in total. The van der Waals surface area contributed by atoms with E-state index in [1.807, 2.05) is 37.3 Å². The van der Waals surface area contributed by atoms with E-state index in [9.17, 15) is 0 Å². The van der Waals surface area contributed by atoms with Crippen molar-refractivity contribution in [1.82, 2.24) is 9.97 Å². The van der Waals surface area contributed by atoms with Crippen LogP contribution in [0.5, 0.6) is 0 Å². The molecule has 0 bridgehead atoms. The Bertz CT molecular complexity index is 586. The van der Waals surface area contributed by atoms with E-state index in [2.05, 4.69) is 27.5 Å². The van der Waals surface area contributed by atoms with Crippen molar-refractivity contribution < 1.29 is 4.74 Å². The number of nitrogens with one attached hydrogen (secondary N) is 2. The van der Waals surface area contributed by atoms with Crippen LogP contribution in [-0.2, 0) is 17.8 Å². The number of methoxy groups -OCH3 is 1. The number of para-hydroxylation sites is 1. The maximum Gasteiger partial charge on any atom is 0.136 e. The first kappa shape index (κ1) is 15.3. The summed E-state index contributed by atoms with van der Waals surface area (Å²) in [4.78, 5) is 8.98. The first-order valence-corrected chi connectivity index (χ1v) is 7.22. The molecule has 2 aromatic rings. The van der Waals surface area contributed by atoms with E-state index in [4.69, 9.17) is 4.74 Å². The largest absolute Gasteiger partial charge is 0.380 e. The molecule has 2 N–H and O–H groups in total. The van der Waals surface area contributed by atoms with Crippen molar-refractivity contribution in [2.45, 2.75) is 26.9 Å². The lowest BCUT2D eigenvalue weighted by Crippen LogP contribution is -2.06. The number of aryl methyl sites for hydroxylation is 1. The highest BCUT2D eigenvalue weighted by Crippen LogP contribution is 2.22. The lowest BCUT2D eigenvalue weighted by molar-refractivity contribution is 0.185. The molecule has 0 aliphatic heterocycles. The van der Waals surface area contributed by atoms with E-state index in [1.165, 1.54) is 0 Å². The fourth-order valence-corrected chi connectivity index (χ4v) is 2.05. The third kappa shape index (κ3) is 4.16. The van der Waals surface area contributed by atoms with Crippen LogP contribution >= 0.6 is 0 Å². The Labute approximate surface area is 125 Å². The molecule has 0 spiro atoms. The number of hydrogen-bond donors (Lipinski definition) is 2. The summed E-state index contributed by atoms with van der Waals surface area (Å²) in [6.45, 7) is 5.50. The number of benzene rings is 1. The summed E-state index contributed by atoms with van der Waals surface area (Å²) in [5.41, 5.74) is 2.10. The Hall–Kier alpha value is -2.14. The van der Waals surface area contributed by atoms with Gasteiger partial charge in [-0.05, 0) is 13.0 Å². The molecule has 1 aromatic heterocycles. The Morgan fingerprint density at radius 1 is 1.10 bits per heavy atom. The van der Waals surface area contributed by atoms with Crippen LogP contribution in [0.15, 0.2) is 30.3 Å². The van der Waals surface area contributed by atoms with Crippen LogP contribution < -0.4 is 10.6 Å². The molecule has 5 heteroatoms. The first-order chi connectivity index (χ1) is 10.3. The molecule has 21 heavy (non-hydrogen) atoms. The van der Waals surface area contributed by atoms with Crippen LogP contribution in [0.4, 0.5) is 17.3 Å². The van der Waals surface area contributed by atoms with Crippen LogP contribution in [0.2, 0.25) is 0 Å². The lowest BCUT2D eigenvalue weighted by atomic mass is 10.2. The third-order valence-corrected chi connectivity index (χ3v) is 3.03. The van der Waals surface area contributed by atoms with Crippen LogP contribution in [0.1, 0.15) is 25.2 Å². The maximum absolute atomic E-state index is 5.23. The van der Waals surface area contributed by atoms with Crippen molar-refractivity contribution in [3.8, 4) is 0 Å². The number of rotatable bonds is 7. The van der Waals surface area contributed by atoms with Gasteiger partial charge in [0.25, 0.3) is 0 Å². The Kier molecular flexibility index (Phi) is 5.51. The van der Waals surface area contributed by atoms with Crippen LogP contribution in [-0.4, -0.2) is 23.6 Å². The zero-order valence-electron chi connectivity index (χ0n) is 12.8. The molecule has 0 aliphatic rings. The van der Waals surface area contributed by atoms with Crippen molar-refractivity contribution in [2.24, 2.45) is 0 Å². The van der Waals surface area contributed by atoms with E-state index in [0.29, 0.717) is 6.61 Å². The van der Waals surface area contributed by atoms with E-state index in [0.717, 1.165) is 41.7 Å². The first-order valence-electron chi connectivity index (χ1n) is 7.22. The van der Waals surface area contributed by atoms with Crippen LogP contribution in [0.3, 0.4) is 0 Å². The minimum absolute atomic E-state index is 0.564. The number of anilines is 3. The molecule has 0 radical (unpaired) electrons. The van der Waals surface area contributed by atoms with Gasteiger partial charge in [0.05, 0.1) is 6.61 Å². The van der Waals surface area contributed by atoms with Crippen molar-refractivity contribution in [1.29, 1.82) is 0 Å². The van der Waals surface area contributed by atoms with Gasteiger partial charge in [0.2, 0.25) is 0 Å². The summed E-state index contributed by atoms with van der Waals surface area (Å²) in [5.74, 6) is 2.46. The van der Waals surface area contributed by atoms with Crippen molar-refractivity contribution in [3.05, 3.63) is 41.7 Å². The predicted octanol–water partition coefficient (Wildman–Crippen LogP) is 3.36. The van der Waals surface area contributed by atoms with Gasteiger partial charge in [-0.3, -0.25) is 0 Å². The molecule has 1 heterocycles. The number of aromatic nitrogens is 2. The van der Waals surface area contributed by atoms with E-state index in [-0.39, 0.29) is 0 Å². The molecule has 0 saturated carbocycles. The van der Waals surface area contributed by atoms with Gasteiger partial charge in [-0.2, -0.15) is 0 Å². The molecule has 0 unspecified atom stereocenters. The van der Waals surface area contributed by atoms with E-state index >= 15 is 0 Å². The van der Waals surface area contributed by atoms with Gasteiger partial charge in [0.15, 0.2) is 0 Å². The standard InChI is InChI=1S/C16H22N4O/c1-4-14-19-15(17-5-2)10-16(20-14)18-13-9-7-6-8-12(13)11-21-3/h6-10H,4-5,11H2,1-3H3,(H2,17,18,19,20). The monoisotopic (exact) mass is 286 g/mol. The van der Waals surface area contributed by atoms with Crippen LogP contribution in [0, 0.1) is 0 Å². The Balaban J connectivity index is 2.28. The van der Waals surface area contributed by atoms with Gasteiger partial charge >= 0.3 is 0 Å². The number of hydrogen-bond acceptors (Lipinski definition) is 5. The van der Waals surface area contributed by atoms with E-state index in [1.54, 1.807) is 7.11 Å². The zero-order valence-corrected chi connectivity index (χ0v) is 12.8. The van der Waals surface area contributed by atoms with E-state index < -0.39 is 0 Å². The van der Waals surface area contributed by atoms with Gasteiger partial charge < -0.3 is 15.4 Å². The fourth-order valence-electron chi connectivity index (χ4n) is 2.05. The highest BCUT2D eigenvalue weighted by Gasteiger charge is 2.06. The molecule has 0 aliphatic carbocycles. The van der Waals surface area contributed by atoms with Gasteiger partial charge in [-0.15, -0.1) is 0 Å². The highest BCUT2D eigenvalue weighted by molar-refractivity contribution is 5.62. The molecule has 0 amide bonds. The maximum atomic E-state index is 5.23. The normalized spacial score (nSPS) is 10.4. The summed E-state index contributed by atoms with van der Waals surface area (Å²) in [5, 5.41) is 6.59. The second kappa shape index (κ2) is 7.59. The molecular weight excluding hydrogens is 264 g/mol. The topological polar surface area (TPSA) is 59.1 Å². The minimum Gasteiger partial charge on any atom is -0.380 e. The number of ether oxygens (including phenoxy) is 1. The molecule has 0 saturated heterocycles. The highest BCUT2D eigenvalue weighted by atomic mass is 16.5. The van der Waals surface area contributed by atoms with Crippen molar-refractivity contribution in [3.63, 3.8) is 0 Å². The molecule has 0 atom stereocenters. The van der Waals surface area contributed by atoms with Gasteiger partial charge in [-0.1, -0.05) is 25.1 Å². The molecule has 1 aromatic carbocycles. The Morgan fingerprint density at radius 2 is 1.86 bits per heavy atom. The summed E-state index contributed by atoms with van der Waals surface area (Å²) >= 11 is 0. The molecule has 2 rings (SSSR count). The quantitative estimate of drug-likeness (QED) is 0.817. The molecular formula is C16H22N4O. The summed E-state index contributed by atoms with van der Waals surface area (Å²) < 4.78 is 5.23. The van der Waals surface area contributed by atoms with Gasteiger partial charge in [0.1, 0.15) is 17.5 Å². The Morgan fingerprint density at radius 3 is 2.57 bits per heavy atom. The zero-order chi connectivity index (χ0) is 15.1. The van der Waals surface area contributed by atoms with Crippen molar-refractivity contribution >= 4 is 17.3 Å². The third-order valence-electron chi connectivity index (χ3n) is 3.03. The molecule has 112 valence electrons. The summed E-state index contributed by atoms with van der Waals surface area (Å²) in [6.07, 6.45) is 0.799. The SMILES string of the molecule is CCNc1cc(Nc2ccccc2COC)nc(CC)n1. The average molecular weight is 286 g/mol. The average Bonchev–Trinajstić information content (AvgIpc) is 2.49. The lowest BCUT2D eigenvalue weighted by Gasteiger charge is -2.13. The molecule has 0 fully saturated rings. The fraction of sp³-hybridized carbons (Fsp3) is 0.375. The smallest absolute Gasteiger partial charge is 0.136 e. The summed E-state index contributed by atoms with van der Waals surface area (Å²) in [6, 6.07) is 9.98. The second-order valence-corrected chi connectivity index (χ2v) is 4.65. The minimum atomic E-state index is 0.564. The predicted molar refractivity (Wildman–Crippen MR) is 86.0 cm³/mol. The second-order valence-electron chi connectivity index (χ2n) is 4.65. The summed E-state index contributed by atoms with van der Waals surface area (Å²) in [7, 11) is 1.69. The van der Waals surface area contributed by atoms with Gasteiger partial charge in [-0.25, -0.2) is 9.97 Å². The number of nitrogens with zero attached hydrogens (tertiary/aromatic N) is 2. The van der Waals surface area contributed by atoms with Gasteiger partial charge in [0, 0.05) is 37.4 Å².